The minimum Gasteiger partial charge on any atom is -0.485 e. The van der Waals surface area contributed by atoms with Crippen molar-refractivity contribution in [3.8, 4) is 11.5 Å². The zero-order chi connectivity index (χ0) is 17.8. The number of hydrogen-bond donors (Lipinski definition) is 1. The van der Waals surface area contributed by atoms with Gasteiger partial charge in [-0.05, 0) is 43.2 Å². The number of anilines is 1. The van der Waals surface area contributed by atoms with Crippen LogP contribution in [0, 0.1) is 13.8 Å². The molecule has 0 saturated heterocycles. The van der Waals surface area contributed by atoms with Crippen molar-refractivity contribution in [2.75, 3.05) is 18.5 Å². The first-order valence-electron chi connectivity index (χ1n) is 7.96. The number of rotatable bonds is 4. The summed E-state index contributed by atoms with van der Waals surface area (Å²) in [5, 5.41) is 2.74. The van der Waals surface area contributed by atoms with Crippen LogP contribution >= 0.6 is 0 Å². The third-order valence-electron chi connectivity index (χ3n) is 4.00. The molecular formula is C19H19NO5. The number of para-hydroxylation sites is 2. The summed E-state index contributed by atoms with van der Waals surface area (Å²) in [5.74, 6) is 0.0274. The van der Waals surface area contributed by atoms with Gasteiger partial charge in [-0.2, -0.15) is 0 Å². The maximum Gasteiger partial charge on any atom is 0.351 e. The summed E-state index contributed by atoms with van der Waals surface area (Å²) in [5.41, 5.74) is 2.75. The van der Waals surface area contributed by atoms with Crippen LogP contribution < -0.4 is 14.8 Å². The van der Waals surface area contributed by atoms with E-state index in [1.165, 1.54) is 0 Å². The molecule has 2 aromatic rings. The van der Waals surface area contributed by atoms with Crippen molar-refractivity contribution in [2.24, 2.45) is 0 Å². The molecule has 1 aliphatic rings. The van der Waals surface area contributed by atoms with Gasteiger partial charge in [-0.25, -0.2) is 4.79 Å². The van der Waals surface area contributed by atoms with Crippen LogP contribution in [0.5, 0.6) is 11.5 Å². The van der Waals surface area contributed by atoms with Crippen LogP contribution in [0.4, 0.5) is 5.69 Å². The Bertz CT molecular complexity index is 802. The summed E-state index contributed by atoms with van der Waals surface area (Å²) in [7, 11) is 0. The van der Waals surface area contributed by atoms with Crippen LogP contribution in [0.15, 0.2) is 42.5 Å². The van der Waals surface area contributed by atoms with Crippen molar-refractivity contribution in [2.45, 2.75) is 20.0 Å². The molecule has 1 atom stereocenters. The number of nitrogens with one attached hydrogen (secondary N) is 1. The number of amides is 1. The Labute approximate surface area is 145 Å². The van der Waals surface area contributed by atoms with Crippen LogP contribution in [-0.4, -0.2) is 31.2 Å². The lowest BCUT2D eigenvalue weighted by atomic mass is 10.1. The van der Waals surface area contributed by atoms with Gasteiger partial charge in [0, 0.05) is 5.69 Å². The van der Waals surface area contributed by atoms with E-state index in [0.717, 1.165) is 11.1 Å². The van der Waals surface area contributed by atoms with E-state index in [1.54, 1.807) is 24.3 Å². The number of fused-ring (bicyclic) bond motifs is 1. The molecule has 1 amide bonds. The van der Waals surface area contributed by atoms with Gasteiger partial charge < -0.3 is 19.5 Å². The summed E-state index contributed by atoms with van der Waals surface area (Å²) in [6, 6.07) is 12.7. The van der Waals surface area contributed by atoms with Crippen molar-refractivity contribution in [1.82, 2.24) is 0 Å². The molecule has 1 aliphatic heterocycles. The van der Waals surface area contributed by atoms with Crippen molar-refractivity contribution >= 4 is 17.6 Å². The topological polar surface area (TPSA) is 73.9 Å². The van der Waals surface area contributed by atoms with Gasteiger partial charge >= 0.3 is 5.97 Å². The van der Waals surface area contributed by atoms with E-state index >= 15 is 0 Å². The number of carbonyl (C=O) groups excluding carboxylic acids is 2. The Morgan fingerprint density at radius 2 is 1.88 bits per heavy atom. The molecule has 6 nitrogen and oxygen atoms in total. The average molecular weight is 341 g/mol. The van der Waals surface area contributed by atoms with E-state index in [-0.39, 0.29) is 13.2 Å². The zero-order valence-electron chi connectivity index (χ0n) is 14.1. The number of esters is 1. The second-order valence-electron chi connectivity index (χ2n) is 5.77. The number of hydrogen-bond acceptors (Lipinski definition) is 5. The lowest BCUT2D eigenvalue weighted by Gasteiger charge is -2.24. The lowest BCUT2D eigenvalue weighted by molar-refractivity contribution is -0.156. The van der Waals surface area contributed by atoms with E-state index in [9.17, 15) is 9.59 Å². The lowest BCUT2D eigenvalue weighted by Crippen LogP contribution is -2.39. The van der Waals surface area contributed by atoms with Crippen molar-refractivity contribution in [3.05, 3.63) is 53.6 Å². The Morgan fingerprint density at radius 3 is 2.68 bits per heavy atom. The van der Waals surface area contributed by atoms with Gasteiger partial charge in [0.2, 0.25) is 6.10 Å². The fourth-order valence-electron chi connectivity index (χ4n) is 2.44. The highest BCUT2D eigenvalue weighted by Crippen LogP contribution is 2.31. The van der Waals surface area contributed by atoms with Gasteiger partial charge in [0.25, 0.3) is 5.91 Å². The molecule has 3 rings (SSSR count). The van der Waals surface area contributed by atoms with Gasteiger partial charge in [-0.1, -0.05) is 24.3 Å². The molecule has 1 heterocycles. The smallest absolute Gasteiger partial charge is 0.351 e. The molecule has 6 heteroatoms. The molecule has 0 fully saturated rings. The standard InChI is InChI=1S/C19H19NO5/c1-12-6-5-7-14(13(12)2)20-18(21)11-24-19(22)17-10-23-15-8-3-4-9-16(15)25-17/h3-9,17H,10-11H2,1-2H3,(H,20,21)/t17-/m1/s1. The quantitative estimate of drug-likeness (QED) is 0.866. The highest BCUT2D eigenvalue weighted by Gasteiger charge is 2.29. The SMILES string of the molecule is Cc1cccc(NC(=O)COC(=O)[C@H]2COc3ccccc3O2)c1C. The molecular weight excluding hydrogens is 322 g/mol. The second-order valence-corrected chi connectivity index (χ2v) is 5.77. The van der Waals surface area contributed by atoms with E-state index in [4.69, 9.17) is 14.2 Å². The molecule has 0 radical (unpaired) electrons. The highest BCUT2D eigenvalue weighted by molar-refractivity contribution is 5.93. The minimum atomic E-state index is -0.886. The Morgan fingerprint density at radius 1 is 1.12 bits per heavy atom. The van der Waals surface area contributed by atoms with E-state index < -0.39 is 18.0 Å². The summed E-state index contributed by atoms with van der Waals surface area (Å²) in [6.07, 6.45) is -0.886. The van der Waals surface area contributed by atoms with Gasteiger partial charge in [0.05, 0.1) is 0 Å². The van der Waals surface area contributed by atoms with Crippen molar-refractivity contribution < 1.29 is 23.8 Å². The summed E-state index contributed by atoms with van der Waals surface area (Å²) in [4.78, 5) is 24.1. The second kappa shape index (κ2) is 7.25. The zero-order valence-corrected chi connectivity index (χ0v) is 14.1. The van der Waals surface area contributed by atoms with E-state index in [2.05, 4.69) is 5.32 Å². The normalized spacial score (nSPS) is 15.4. The molecule has 25 heavy (non-hydrogen) atoms. The number of aryl methyl sites for hydroxylation is 1. The molecule has 0 bridgehead atoms. The van der Waals surface area contributed by atoms with Crippen LogP contribution in [0.1, 0.15) is 11.1 Å². The molecule has 0 unspecified atom stereocenters. The van der Waals surface area contributed by atoms with E-state index in [1.807, 2.05) is 32.0 Å². The molecule has 0 saturated carbocycles. The number of benzene rings is 2. The van der Waals surface area contributed by atoms with Gasteiger partial charge in [-0.15, -0.1) is 0 Å². The molecule has 0 aromatic heterocycles. The van der Waals surface area contributed by atoms with Crippen LogP contribution in [-0.2, 0) is 14.3 Å². The Balaban J connectivity index is 1.52. The van der Waals surface area contributed by atoms with Crippen LogP contribution in [0.3, 0.4) is 0 Å². The van der Waals surface area contributed by atoms with Gasteiger partial charge in [0.15, 0.2) is 18.1 Å². The fraction of sp³-hybridized carbons (Fsp3) is 0.263. The minimum absolute atomic E-state index is 0.0501. The van der Waals surface area contributed by atoms with Crippen molar-refractivity contribution in [3.63, 3.8) is 0 Å². The predicted octanol–water partition coefficient (Wildman–Crippen LogP) is 2.63. The summed E-state index contributed by atoms with van der Waals surface area (Å²) in [6.45, 7) is 3.55. The molecule has 1 N–H and O–H groups in total. The number of ether oxygens (including phenoxy) is 3. The molecule has 2 aromatic carbocycles. The number of carbonyl (C=O) groups is 2. The first-order valence-corrected chi connectivity index (χ1v) is 7.96. The van der Waals surface area contributed by atoms with Gasteiger partial charge in [0.1, 0.15) is 6.61 Å². The third-order valence-corrected chi connectivity index (χ3v) is 4.00. The first-order chi connectivity index (χ1) is 12.0. The van der Waals surface area contributed by atoms with Crippen molar-refractivity contribution in [1.29, 1.82) is 0 Å². The monoisotopic (exact) mass is 341 g/mol. The van der Waals surface area contributed by atoms with E-state index in [0.29, 0.717) is 17.2 Å². The summed E-state index contributed by atoms with van der Waals surface area (Å²) < 4.78 is 16.1. The first kappa shape index (κ1) is 16.8. The molecule has 130 valence electrons. The molecule has 0 aliphatic carbocycles. The fourth-order valence-corrected chi connectivity index (χ4v) is 2.44. The largest absolute Gasteiger partial charge is 0.485 e. The van der Waals surface area contributed by atoms with Crippen LogP contribution in [0.2, 0.25) is 0 Å². The third kappa shape index (κ3) is 3.91. The Hall–Kier alpha value is -3.02. The maximum absolute atomic E-state index is 12.1. The Kier molecular flexibility index (Phi) is 4.88. The predicted molar refractivity (Wildman–Crippen MR) is 91.9 cm³/mol. The van der Waals surface area contributed by atoms with Gasteiger partial charge in [-0.3, -0.25) is 4.79 Å². The maximum atomic E-state index is 12.1. The average Bonchev–Trinajstić information content (AvgIpc) is 2.63. The summed E-state index contributed by atoms with van der Waals surface area (Å²) >= 11 is 0. The van der Waals surface area contributed by atoms with Crippen LogP contribution in [0.25, 0.3) is 0 Å². The highest BCUT2D eigenvalue weighted by atomic mass is 16.6. The molecule has 0 spiro atoms.